The Morgan fingerprint density at radius 1 is 1.27 bits per heavy atom. The number of carbonyl (C=O) groups excluding carboxylic acids is 1. The Labute approximate surface area is 174 Å². The summed E-state index contributed by atoms with van der Waals surface area (Å²) in [7, 11) is 1.68. The van der Waals surface area contributed by atoms with Crippen LogP contribution in [0.3, 0.4) is 0 Å². The summed E-state index contributed by atoms with van der Waals surface area (Å²) in [6.45, 7) is 1.53. The second-order valence-electron chi connectivity index (χ2n) is 6.15. The summed E-state index contributed by atoms with van der Waals surface area (Å²) in [6.07, 6.45) is 1.43. The molecule has 1 saturated carbocycles. The lowest BCUT2D eigenvalue weighted by Crippen LogP contribution is -2.42. The maximum absolute atomic E-state index is 11.5. The number of aliphatic hydroxyl groups excluding tert-OH is 1. The lowest BCUT2D eigenvalue weighted by Gasteiger charge is -2.14. The van der Waals surface area contributed by atoms with Crippen molar-refractivity contribution in [3.63, 3.8) is 0 Å². The van der Waals surface area contributed by atoms with Crippen molar-refractivity contribution >= 4 is 57.3 Å². The highest BCUT2D eigenvalue weighted by Gasteiger charge is 2.28. The van der Waals surface area contributed by atoms with E-state index in [-0.39, 0.29) is 35.8 Å². The highest BCUT2D eigenvalue weighted by Crippen LogP contribution is 2.29. The fourth-order valence-electron chi connectivity index (χ4n) is 2.54. The SMILES string of the molecule is CN=C(NCCNC(=O)C1CC1)NCC(O)c1cc2ccccc2s1.I. The van der Waals surface area contributed by atoms with Crippen molar-refractivity contribution in [3.8, 4) is 0 Å². The normalized spacial score (nSPS) is 15.2. The van der Waals surface area contributed by atoms with E-state index in [0.29, 0.717) is 25.6 Å². The van der Waals surface area contributed by atoms with E-state index in [2.05, 4.69) is 27.0 Å². The molecule has 1 aliphatic rings. The average Bonchev–Trinajstić information content (AvgIpc) is 3.39. The van der Waals surface area contributed by atoms with Crippen LogP contribution < -0.4 is 16.0 Å². The van der Waals surface area contributed by atoms with Crippen LogP contribution >= 0.6 is 35.3 Å². The number of guanidine groups is 1. The molecule has 0 radical (unpaired) electrons. The van der Waals surface area contributed by atoms with Gasteiger partial charge in [-0.15, -0.1) is 35.3 Å². The zero-order chi connectivity index (χ0) is 17.6. The topological polar surface area (TPSA) is 85.8 Å². The highest BCUT2D eigenvalue weighted by atomic mass is 127. The van der Waals surface area contributed by atoms with Crippen LogP contribution in [-0.4, -0.2) is 43.7 Å². The Morgan fingerprint density at radius 2 is 2.00 bits per heavy atom. The van der Waals surface area contributed by atoms with Crippen molar-refractivity contribution < 1.29 is 9.90 Å². The van der Waals surface area contributed by atoms with Gasteiger partial charge in [0.25, 0.3) is 0 Å². The summed E-state index contributed by atoms with van der Waals surface area (Å²) >= 11 is 1.60. The van der Waals surface area contributed by atoms with Crippen LogP contribution in [0, 0.1) is 5.92 Å². The van der Waals surface area contributed by atoms with Crippen LogP contribution in [0.2, 0.25) is 0 Å². The molecule has 3 rings (SSSR count). The number of thiophene rings is 1. The first-order valence-corrected chi connectivity index (χ1v) is 9.38. The van der Waals surface area contributed by atoms with Crippen molar-refractivity contribution in [1.29, 1.82) is 0 Å². The summed E-state index contributed by atoms with van der Waals surface area (Å²) < 4.78 is 1.17. The monoisotopic (exact) mass is 488 g/mol. The molecule has 1 heterocycles. The molecule has 0 spiro atoms. The minimum absolute atomic E-state index is 0. The van der Waals surface area contributed by atoms with Gasteiger partial charge in [0.15, 0.2) is 5.96 Å². The van der Waals surface area contributed by atoms with E-state index in [1.807, 2.05) is 24.3 Å². The van der Waals surface area contributed by atoms with Gasteiger partial charge in [0.1, 0.15) is 6.10 Å². The molecule has 1 amide bonds. The van der Waals surface area contributed by atoms with Gasteiger partial charge in [0, 0.05) is 42.2 Å². The fraction of sp³-hybridized carbons (Fsp3) is 0.444. The Balaban J connectivity index is 0.00000243. The number of halogens is 1. The van der Waals surface area contributed by atoms with E-state index in [0.717, 1.165) is 23.1 Å². The largest absolute Gasteiger partial charge is 0.386 e. The third-order valence-corrected chi connectivity index (χ3v) is 5.34. The summed E-state index contributed by atoms with van der Waals surface area (Å²) in [6, 6.07) is 10.1. The van der Waals surface area contributed by atoms with E-state index in [1.54, 1.807) is 18.4 Å². The quantitative estimate of drug-likeness (QED) is 0.209. The molecule has 0 saturated heterocycles. The number of nitrogens with one attached hydrogen (secondary N) is 3. The first-order chi connectivity index (χ1) is 12.2. The molecule has 0 bridgehead atoms. The molecule has 8 heteroatoms. The zero-order valence-electron chi connectivity index (χ0n) is 14.7. The van der Waals surface area contributed by atoms with Gasteiger partial charge in [-0.25, -0.2) is 0 Å². The number of nitrogens with zero attached hydrogens (tertiary/aromatic N) is 1. The van der Waals surface area contributed by atoms with Crippen molar-refractivity contribution in [3.05, 3.63) is 35.2 Å². The van der Waals surface area contributed by atoms with Gasteiger partial charge in [-0.1, -0.05) is 18.2 Å². The van der Waals surface area contributed by atoms with Crippen molar-refractivity contribution in [2.45, 2.75) is 18.9 Å². The summed E-state index contributed by atoms with van der Waals surface area (Å²) in [4.78, 5) is 16.6. The molecule has 1 atom stereocenters. The molecule has 26 heavy (non-hydrogen) atoms. The van der Waals surface area contributed by atoms with E-state index in [4.69, 9.17) is 0 Å². The second-order valence-corrected chi connectivity index (χ2v) is 7.26. The van der Waals surface area contributed by atoms with Crippen LogP contribution in [0.1, 0.15) is 23.8 Å². The van der Waals surface area contributed by atoms with E-state index in [1.165, 1.54) is 4.70 Å². The van der Waals surface area contributed by atoms with E-state index >= 15 is 0 Å². The highest BCUT2D eigenvalue weighted by molar-refractivity contribution is 14.0. The first kappa shape index (κ1) is 20.9. The molecule has 4 N–H and O–H groups in total. The number of benzene rings is 1. The maximum Gasteiger partial charge on any atom is 0.223 e. The van der Waals surface area contributed by atoms with Gasteiger partial charge >= 0.3 is 0 Å². The van der Waals surface area contributed by atoms with Gasteiger partial charge in [-0.2, -0.15) is 0 Å². The number of aliphatic imine (C=N–C) groups is 1. The number of hydrogen-bond donors (Lipinski definition) is 4. The predicted octanol–water partition coefficient (Wildman–Crippen LogP) is 2.24. The molecule has 1 fully saturated rings. The number of amides is 1. The van der Waals surface area contributed by atoms with Crippen LogP contribution in [0.4, 0.5) is 0 Å². The minimum Gasteiger partial charge on any atom is -0.386 e. The number of rotatable bonds is 7. The van der Waals surface area contributed by atoms with Crippen molar-refractivity contribution in [2.75, 3.05) is 26.7 Å². The Morgan fingerprint density at radius 3 is 2.69 bits per heavy atom. The fourth-order valence-corrected chi connectivity index (χ4v) is 3.59. The number of carbonyl (C=O) groups is 1. The minimum atomic E-state index is -0.592. The molecular weight excluding hydrogens is 463 g/mol. The van der Waals surface area contributed by atoms with Crippen LogP contribution in [-0.2, 0) is 4.79 Å². The Hall–Kier alpha value is -1.39. The first-order valence-electron chi connectivity index (χ1n) is 8.56. The number of aliphatic hydroxyl groups is 1. The van der Waals surface area contributed by atoms with Gasteiger partial charge < -0.3 is 21.1 Å². The van der Waals surface area contributed by atoms with Gasteiger partial charge in [0.2, 0.25) is 5.91 Å². The standard InChI is InChI=1S/C18H24N4O2S.HI/c1-19-18(21-9-8-20-17(24)12-6-7-12)22-11-14(23)16-10-13-4-2-3-5-15(13)25-16;/h2-5,10,12,14,23H,6-9,11H2,1H3,(H,20,24)(H2,19,21,22);1H. The lowest BCUT2D eigenvalue weighted by molar-refractivity contribution is -0.122. The summed E-state index contributed by atoms with van der Waals surface area (Å²) in [5, 5.41) is 20.7. The van der Waals surface area contributed by atoms with Crippen molar-refractivity contribution in [1.82, 2.24) is 16.0 Å². The van der Waals surface area contributed by atoms with Crippen LogP contribution in [0.25, 0.3) is 10.1 Å². The predicted molar refractivity (Wildman–Crippen MR) is 117 cm³/mol. The zero-order valence-corrected chi connectivity index (χ0v) is 17.8. The Kier molecular flexibility index (Phi) is 8.11. The summed E-state index contributed by atoms with van der Waals surface area (Å²) in [5.41, 5.74) is 0. The molecule has 142 valence electrons. The smallest absolute Gasteiger partial charge is 0.223 e. The van der Waals surface area contributed by atoms with Gasteiger partial charge in [-0.05, 0) is 30.4 Å². The summed E-state index contributed by atoms with van der Waals surface area (Å²) in [5.74, 6) is 0.986. The van der Waals surface area contributed by atoms with Crippen molar-refractivity contribution in [2.24, 2.45) is 10.9 Å². The number of fused-ring (bicyclic) bond motifs is 1. The maximum atomic E-state index is 11.5. The molecule has 2 aromatic rings. The second kappa shape index (κ2) is 10.1. The van der Waals surface area contributed by atoms with Gasteiger partial charge in [0.05, 0.1) is 0 Å². The molecule has 1 aliphatic carbocycles. The van der Waals surface area contributed by atoms with E-state index < -0.39 is 6.10 Å². The molecule has 1 unspecified atom stereocenters. The van der Waals surface area contributed by atoms with Crippen LogP contribution in [0.15, 0.2) is 35.3 Å². The molecule has 0 aliphatic heterocycles. The molecule has 1 aromatic heterocycles. The number of hydrogen-bond acceptors (Lipinski definition) is 4. The molecule has 6 nitrogen and oxygen atoms in total. The molecular formula is C18H25IN4O2S. The third kappa shape index (κ3) is 5.82. The Bertz CT molecular complexity index is 727. The third-order valence-electron chi connectivity index (χ3n) is 4.12. The molecule has 1 aromatic carbocycles. The average molecular weight is 488 g/mol. The van der Waals surface area contributed by atoms with Gasteiger partial charge in [-0.3, -0.25) is 9.79 Å². The lowest BCUT2D eigenvalue weighted by atomic mass is 10.2. The van der Waals surface area contributed by atoms with E-state index in [9.17, 15) is 9.90 Å². The van der Waals surface area contributed by atoms with Crippen LogP contribution in [0.5, 0.6) is 0 Å².